The minimum Gasteiger partial charge on any atom is -0.444 e. The molecule has 1 aromatic heterocycles. The lowest BCUT2D eigenvalue weighted by molar-refractivity contribution is 0.119. The monoisotopic (exact) mass is 237 g/mol. The van der Waals surface area contributed by atoms with Gasteiger partial charge in [-0.25, -0.2) is 4.98 Å². The van der Waals surface area contributed by atoms with Crippen LogP contribution in [0.2, 0.25) is 0 Å². The maximum absolute atomic E-state index is 5.67. The van der Waals surface area contributed by atoms with Crippen LogP contribution in [0.3, 0.4) is 0 Å². The van der Waals surface area contributed by atoms with Gasteiger partial charge in [-0.05, 0) is 26.8 Å². The zero-order valence-electron chi connectivity index (χ0n) is 11.1. The van der Waals surface area contributed by atoms with Gasteiger partial charge in [0.15, 0.2) is 0 Å². The minimum atomic E-state index is 0.596. The Morgan fingerprint density at radius 3 is 3.00 bits per heavy atom. The van der Waals surface area contributed by atoms with Gasteiger partial charge in [-0.15, -0.1) is 0 Å². The Hall–Kier alpha value is -0.870. The molecule has 1 aliphatic heterocycles. The third-order valence-electron chi connectivity index (χ3n) is 3.71. The van der Waals surface area contributed by atoms with Crippen LogP contribution in [0.1, 0.15) is 38.3 Å². The first-order valence-corrected chi connectivity index (χ1v) is 6.57. The van der Waals surface area contributed by atoms with Gasteiger partial charge in [0, 0.05) is 25.0 Å². The summed E-state index contributed by atoms with van der Waals surface area (Å²) in [5.74, 6) is 1.84. The van der Waals surface area contributed by atoms with E-state index in [1.165, 1.54) is 12.8 Å². The number of oxazole rings is 1. The Morgan fingerprint density at radius 2 is 2.41 bits per heavy atom. The highest BCUT2D eigenvalue weighted by atomic mass is 16.4. The number of nitrogens with one attached hydrogen (secondary N) is 1. The lowest BCUT2D eigenvalue weighted by atomic mass is 9.98. The fraction of sp³-hybridized carbons (Fsp3) is 0.769. The van der Waals surface area contributed by atoms with Gasteiger partial charge >= 0.3 is 0 Å². The summed E-state index contributed by atoms with van der Waals surface area (Å²) in [5, 5.41) is 3.37. The molecule has 2 heterocycles. The summed E-state index contributed by atoms with van der Waals surface area (Å²) >= 11 is 0. The van der Waals surface area contributed by atoms with Crippen LogP contribution in [-0.2, 0) is 13.0 Å². The molecule has 0 saturated carbocycles. The molecule has 0 bridgehead atoms. The van der Waals surface area contributed by atoms with Crippen LogP contribution in [0.25, 0.3) is 0 Å². The van der Waals surface area contributed by atoms with E-state index in [9.17, 15) is 0 Å². The summed E-state index contributed by atoms with van der Waals surface area (Å²) in [7, 11) is 2.05. The highest BCUT2D eigenvalue weighted by molar-refractivity contribution is 4.94. The summed E-state index contributed by atoms with van der Waals surface area (Å²) in [4.78, 5) is 6.79. The highest BCUT2D eigenvalue weighted by Crippen LogP contribution is 2.19. The van der Waals surface area contributed by atoms with E-state index in [0.717, 1.165) is 31.2 Å². The maximum atomic E-state index is 5.67. The van der Waals surface area contributed by atoms with Crippen molar-refractivity contribution >= 4 is 0 Å². The first-order valence-electron chi connectivity index (χ1n) is 6.57. The molecule has 1 saturated heterocycles. The normalized spacial score (nSPS) is 26.3. The van der Waals surface area contributed by atoms with Gasteiger partial charge in [0.05, 0.1) is 12.7 Å². The molecule has 4 heteroatoms. The Labute approximate surface area is 103 Å². The molecule has 0 amide bonds. The summed E-state index contributed by atoms with van der Waals surface area (Å²) in [6, 6.07) is 1.26. The van der Waals surface area contributed by atoms with Gasteiger partial charge < -0.3 is 9.73 Å². The predicted octanol–water partition coefficient (Wildman–Crippen LogP) is 1.81. The molecule has 0 radical (unpaired) electrons. The van der Waals surface area contributed by atoms with Crippen LogP contribution < -0.4 is 5.32 Å². The summed E-state index contributed by atoms with van der Waals surface area (Å²) in [5.41, 5.74) is 0. The highest BCUT2D eigenvalue weighted by Gasteiger charge is 2.25. The van der Waals surface area contributed by atoms with Crippen molar-refractivity contribution in [1.29, 1.82) is 0 Å². The minimum absolute atomic E-state index is 0.596. The van der Waals surface area contributed by atoms with Crippen molar-refractivity contribution in [3.63, 3.8) is 0 Å². The second kappa shape index (κ2) is 5.65. The maximum Gasteiger partial charge on any atom is 0.208 e. The van der Waals surface area contributed by atoms with Crippen LogP contribution in [0.4, 0.5) is 0 Å². The fourth-order valence-electron chi connectivity index (χ4n) is 2.48. The van der Waals surface area contributed by atoms with Crippen LogP contribution >= 0.6 is 0 Å². The summed E-state index contributed by atoms with van der Waals surface area (Å²) in [6.45, 7) is 6.34. The number of rotatable bonds is 4. The molecule has 1 fully saturated rings. The number of likely N-dealkylation sites (tertiary alicyclic amines) is 1. The van der Waals surface area contributed by atoms with Crippen molar-refractivity contribution in [2.24, 2.45) is 0 Å². The van der Waals surface area contributed by atoms with Crippen molar-refractivity contribution < 1.29 is 4.42 Å². The molecule has 17 heavy (non-hydrogen) atoms. The molecule has 1 aromatic rings. The number of hydrogen-bond donors (Lipinski definition) is 1. The van der Waals surface area contributed by atoms with Crippen molar-refractivity contribution in [2.45, 2.75) is 51.7 Å². The summed E-state index contributed by atoms with van der Waals surface area (Å²) in [6.07, 6.45) is 5.19. The zero-order valence-corrected chi connectivity index (χ0v) is 11.1. The van der Waals surface area contributed by atoms with E-state index in [4.69, 9.17) is 4.42 Å². The Balaban J connectivity index is 1.91. The second-order valence-corrected chi connectivity index (χ2v) is 4.90. The van der Waals surface area contributed by atoms with Gasteiger partial charge in [-0.3, -0.25) is 4.90 Å². The molecule has 1 N–H and O–H groups in total. The average Bonchev–Trinajstić information content (AvgIpc) is 2.79. The summed E-state index contributed by atoms with van der Waals surface area (Å²) < 4.78 is 5.67. The topological polar surface area (TPSA) is 41.3 Å². The van der Waals surface area contributed by atoms with Crippen molar-refractivity contribution in [3.8, 4) is 0 Å². The van der Waals surface area contributed by atoms with Crippen LogP contribution in [-0.4, -0.2) is 35.6 Å². The molecule has 0 aliphatic carbocycles. The van der Waals surface area contributed by atoms with E-state index >= 15 is 0 Å². The lowest BCUT2D eigenvalue weighted by Gasteiger charge is -2.36. The van der Waals surface area contributed by atoms with Crippen LogP contribution in [0.15, 0.2) is 10.6 Å². The average molecular weight is 237 g/mol. The van der Waals surface area contributed by atoms with E-state index in [1.807, 2.05) is 6.20 Å². The zero-order chi connectivity index (χ0) is 12.3. The van der Waals surface area contributed by atoms with Gasteiger partial charge in [0.1, 0.15) is 5.76 Å². The molecular formula is C13H23N3O. The molecule has 4 nitrogen and oxygen atoms in total. The molecule has 2 atom stereocenters. The third-order valence-corrected chi connectivity index (χ3v) is 3.71. The molecule has 1 aliphatic rings. The van der Waals surface area contributed by atoms with Gasteiger partial charge in [-0.2, -0.15) is 0 Å². The molecule has 0 spiro atoms. The number of hydrogen-bond acceptors (Lipinski definition) is 4. The first kappa shape index (κ1) is 12.6. The molecule has 96 valence electrons. The fourth-order valence-corrected chi connectivity index (χ4v) is 2.48. The van der Waals surface area contributed by atoms with E-state index in [2.05, 4.69) is 36.1 Å². The smallest absolute Gasteiger partial charge is 0.208 e. The SMILES string of the molecule is CCc1cnc(CN2CCC(NC)CC2C)o1. The predicted molar refractivity (Wildman–Crippen MR) is 67.8 cm³/mol. The molecule has 2 rings (SSSR count). The first-order chi connectivity index (χ1) is 8.22. The van der Waals surface area contributed by atoms with E-state index in [-0.39, 0.29) is 0 Å². The Morgan fingerprint density at radius 1 is 1.59 bits per heavy atom. The second-order valence-electron chi connectivity index (χ2n) is 4.90. The van der Waals surface area contributed by atoms with Gasteiger partial charge in [0.2, 0.25) is 5.89 Å². The van der Waals surface area contributed by atoms with Crippen molar-refractivity contribution in [2.75, 3.05) is 13.6 Å². The van der Waals surface area contributed by atoms with Crippen LogP contribution in [0.5, 0.6) is 0 Å². The van der Waals surface area contributed by atoms with E-state index in [0.29, 0.717) is 12.1 Å². The van der Waals surface area contributed by atoms with Crippen molar-refractivity contribution in [1.82, 2.24) is 15.2 Å². The molecular weight excluding hydrogens is 214 g/mol. The number of aromatic nitrogens is 1. The number of piperidine rings is 1. The molecule has 2 unspecified atom stereocenters. The Bertz CT molecular complexity index is 350. The Kier molecular flexibility index (Phi) is 4.18. The number of nitrogens with zero attached hydrogens (tertiary/aromatic N) is 2. The van der Waals surface area contributed by atoms with Crippen molar-refractivity contribution in [3.05, 3.63) is 17.8 Å². The number of aryl methyl sites for hydroxylation is 1. The van der Waals surface area contributed by atoms with Gasteiger partial charge in [0.25, 0.3) is 0 Å². The standard InChI is InChI=1S/C13H23N3O/c1-4-12-8-15-13(17-12)9-16-6-5-11(14-3)7-10(16)2/h8,10-11,14H,4-7,9H2,1-3H3. The van der Waals surface area contributed by atoms with Crippen LogP contribution in [0, 0.1) is 0 Å². The largest absolute Gasteiger partial charge is 0.444 e. The van der Waals surface area contributed by atoms with Gasteiger partial charge in [-0.1, -0.05) is 6.92 Å². The van der Waals surface area contributed by atoms with E-state index < -0.39 is 0 Å². The quantitative estimate of drug-likeness (QED) is 0.867. The van der Waals surface area contributed by atoms with E-state index in [1.54, 1.807) is 0 Å². The third kappa shape index (κ3) is 3.07. The lowest BCUT2D eigenvalue weighted by Crippen LogP contribution is -2.46. The molecule has 0 aromatic carbocycles.